The van der Waals surface area contributed by atoms with Crippen LogP contribution in [0.25, 0.3) is 0 Å². The Morgan fingerprint density at radius 1 is 1.33 bits per heavy atom. The third kappa shape index (κ3) is 4.22. The summed E-state index contributed by atoms with van der Waals surface area (Å²) in [6.07, 6.45) is 0.119. The third-order valence-electron chi connectivity index (χ3n) is 1.79. The van der Waals surface area contributed by atoms with Crippen LogP contribution in [0.1, 0.15) is 11.7 Å². The molecule has 6 heteroatoms. The Hall–Kier alpha value is 0.0900. The standard InChI is InChI=1S/C9H10Br2O3S/c1-15(13,14)5-9(12)6-2-3-7(10)8(11)4-6/h2-4,9,12H,5H2,1H3. The lowest BCUT2D eigenvalue weighted by atomic mass is 10.1. The van der Waals surface area contributed by atoms with Crippen molar-refractivity contribution in [3.05, 3.63) is 32.7 Å². The van der Waals surface area contributed by atoms with Gasteiger partial charge in [-0.1, -0.05) is 6.07 Å². The zero-order chi connectivity index (χ0) is 11.6. The van der Waals surface area contributed by atoms with Crippen molar-refractivity contribution < 1.29 is 13.5 Å². The summed E-state index contributed by atoms with van der Waals surface area (Å²) < 4.78 is 23.6. The number of rotatable bonds is 3. The Morgan fingerprint density at radius 2 is 1.93 bits per heavy atom. The second kappa shape index (κ2) is 4.95. The lowest BCUT2D eigenvalue weighted by Crippen LogP contribution is -2.12. The Bertz CT molecular complexity index is 456. The van der Waals surface area contributed by atoms with Crippen LogP contribution in [-0.2, 0) is 9.84 Å². The smallest absolute Gasteiger partial charge is 0.150 e. The van der Waals surface area contributed by atoms with Gasteiger partial charge in [-0.05, 0) is 49.6 Å². The van der Waals surface area contributed by atoms with Gasteiger partial charge in [0.05, 0.1) is 11.9 Å². The summed E-state index contributed by atoms with van der Waals surface area (Å²) in [5.74, 6) is -0.263. The highest BCUT2D eigenvalue weighted by atomic mass is 79.9. The molecule has 0 saturated carbocycles. The maximum atomic E-state index is 11.0. The van der Waals surface area contributed by atoms with Crippen LogP contribution < -0.4 is 0 Å². The number of aliphatic hydroxyl groups excluding tert-OH is 1. The first kappa shape index (κ1) is 13.2. The Morgan fingerprint density at radius 3 is 2.40 bits per heavy atom. The third-order valence-corrected chi connectivity index (χ3v) is 4.59. The van der Waals surface area contributed by atoms with Gasteiger partial charge in [-0.2, -0.15) is 0 Å². The molecule has 1 N–H and O–H groups in total. The van der Waals surface area contributed by atoms with E-state index in [1.54, 1.807) is 18.2 Å². The number of aliphatic hydroxyl groups is 1. The van der Waals surface area contributed by atoms with Crippen molar-refractivity contribution in [2.24, 2.45) is 0 Å². The van der Waals surface area contributed by atoms with Gasteiger partial charge in [0, 0.05) is 15.2 Å². The molecule has 0 bridgehead atoms. The highest BCUT2D eigenvalue weighted by molar-refractivity contribution is 9.13. The summed E-state index contributed by atoms with van der Waals surface area (Å²) >= 11 is 6.58. The average Bonchev–Trinajstić information content (AvgIpc) is 2.06. The van der Waals surface area contributed by atoms with Crippen molar-refractivity contribution in [2.75, 3.05) is 12.0 Å². The molecule has 0 heterocycles. The van der Waals surface area contributed by atoms with E-state index in [1.165, 1.54) is 0 Å². The minimum atomic E-state index is -3.17. The van der Waals surface area contributed by atoms with Crippen LogP contribution in [0.3, 0.4) is 0 Å². The molecule has 0 aliphatic heterocycles. The van der Waals surface area contributed by atoms with Crippen LogP contribution in [0.15, 0.2) is 27.1 Å². The fourth-order valence-corrected chi connectivity index (χ4v) is 2.51. The first-order chi connectivity index (χ1) is 6.79. The van der Waals surface area contributed by atoms with Gasteiger partial charge in [-0.15, -0.1) is 0 Å². The van der Waals surface area contributed by atoms with Crippen LogP contribution in [0, 0.1) is 0 Å². The second-order valence-corrected chi connectivity index (χ2v) is 7.18. The van der Waals surface area contributed by atoms with Gasteiger partial charge in [-0.25, -0.2) is 8.42 Å². The van der Waals surface area contributed by atoms with E-state index in [0.29, 0.717) is 5.56 Å². The largest absolute Gasteiger partial charge is 0.387 e. The van der Waals surface area contributed by atoms with E-state index in [9.17, 15) is 13.5 Å². The normalized spacial score (nSPS) is 13.9. The van der Waals surface area contributed by atoms with E-state index in [0.717, 1.165) is 15.2 Å². The molecule has 1 unspecified atom stereocenters. The van der Waals surface area contributed by atoms with Crippen LogP contribution >= 0.6 is 31.9 Å². The molecule has 3 nitrogen and oxygen atoms in total. The zero-order valence-electron chi connectivity index (χ0n) is 7.94. The molecule has 1 aromatic carbocycles. The monoisotopic (exact) mass is 356 g/mol. The van der Waals surface area contributed by atoms with E-state index in [1.807, 2.05) is 0 Å². The van der Waals surface area contributed by atoms with Gasteiger partial charge in [0.25, 0.3) is 0 Å². The lowest BCUT2D eigenvalue weighted by Gasteiger charge is -2.10. The molecule has 0 aliphatic carbocycles. The highest BCUT2D eigenvalue weighted by Gasteiger charge is 2.15. The van der Waals surface area contributed by atoms with E-state index in [2.05, 4.69) is 31.9 Å². The molecular formula is C9H10Br2O3S. The summed E-state index contributed by atoms with van der Waals surface area (Å²) in [7, 11) is -3.17. The van der Waals surface area contributed by atoms with Crippen molar-refractivity contribution >= 4 is 41.7 Å². The van der Waals surface area contributed by atoms with Crippen molar-refractivity contribution in [3.63, 3.8) is 0 Å². The van der Waals surface area contributed by atoms with Crippen LogP contribution in [0.2, 0.25) is 0 Å². The van der Waals surface area contributed by atoms with Gasteiger partial charge >= 0.3 is 0 Å². The minimum absolute atomic E-state index is 0.263. The summed E-state index contributed by atoms with van der Waals surface area (Å²) in [6.45, 7) is 0. The van der Waals surface area contributed by atoms with Gasteiger partial charge in [-0.3, -0.25) is 0 Å². The average molecular weight is 358 g/mol. The maximum absolute atomic E-state index is 11.0. The molecule has 1 aromatic rings. The number of benzene rings is 1. The van der Waals surface area contributed by atoms with Crippen molar-refractivity contribution in [3.8, 4) is 0 Å². The Balaban J connectivity index is 2.92. The van der Waals surface area contributed by atoms with Crippen LogP contribution in [-0.4, -0.2) is 25.5 Å². The number of sulfone groups is 1. The number of halogens is 2. The molecule has 1 atom stereocenters. The minimum Gasteiger partial charge on any atom is -0.387 e. The number of hydrogen-bond donors (Lipinski definition) is 1. The second-order valence-electron chi connectivity index (χ2n) is 3.28. The van der Waals surface area contributed by atoms with E-state index >= 15 is 0 Å². The fraction of sp³-hybridized carbons (Fsp3) is 0.333. The van der Waals surface area contributed by atoms with Crippen LogP contribution in [0.5, 0.6) is 0 Å². The van der Waals surface area contributed by atoms with E-state index in [-0.39, 0.29) is 5.75 Å². The van der Waals surface area contributed by atoms with Gasteiger partial charge in [0.2, 0.25) is 0 Å². The van der Waals surface area contributed by atoms with Gasteiger partial charge < -0.3 is 5.11 Å². The fourth-order valence-electron chi connectivity index (χ4n) is 1.10. The predicted octanol–water partition coefficient (Wildman–Crippen LogP) is 2.29. The van der Waals surface area contributed by atoms with E-state index < -0.39 is 15.9 Å². The Kier molecular flexibility index (Phi) is 4.34. The zero-order valence-corrected chi connectivity index (χ0v) is 11.9. The van der Waals surface area contributed by atoms with Gasteiger partial charge in [0.15, 0.2) is 0 Å². The summed E-state index contributed by atoms with van der Waals surface area (Å²) in [4.78, 5) is 0. The SMILES string of the molecule is CS(=O)(=O)CC(O)c1ccc(Br)c(Br)c1. The molecule has 1 rings (SSSR count). The Labute approximate surface area is 106 Å². The van der Waals surface area contributed by atoms with Crippen molar-refractivity contribution in [1.29, 1.82) is 0 Å². The molecule has 0 amide bonds. The predicted molar refractivity (Wildman–Crippen MR) is 66.5 cm³/mol. The molecule has 15 heavy (non-hydrogen) atoms. The van der Waals surface area contributed by atoms with Crippen LogP contribution in [0.4, 0.5) is 0 Å². The number of hydrogen-bond acceptors (Lipinski definition) is 3. The van der Waals surface area contributed by atoms with Crippen molar-refractivity contribution in [1.82, 2.24) is 0 Å². The summed E-state index contributed by atoms with van der Waals surface area (Å²) in [5.41, 5.74) is 0.579. The van der Waals surface area contributed by atoms with Gasteiger partial charge in [0.1, 0.15) is 9.84 Å². The molecule has 0 aromatic heterocycles. The summed E-state index contributed by atoms with van der Waals surface area (Å²) in [5, 5.41) is 9.66. The molecule has 0 spiro atoms. The summed E-state index contributed by atoms with van der Waals surface area (Å²) in [6, 6.07) is 5.13. The lowest BCUT2D eigenvalue weighted by molar-refractivity contribution is 0.202. The van der Waals surface area contributed by atoms with E-state index in [4.69, 9.17) is 0 Å². The van der Waals surface area contributed by atoms with Crippen molar-refractivity contribution in [2.45, 2.75) is 6.10 Å². The molecule has 84 valence electrons. The molecule has 0 saturated heterocycles. The topological polar surface area (TPSA) is 54.4 Å². The first-order valence-corrected chi connectivity index (χ1v) is 7.75. The molecule has 0 fully saturated rings. The maximum Gasteiger partial charge on any atom is 0.150 e. The highest BCUT2D eigenvalue weighted by Crippen LogP contribution is 2.26. The first-order valence-electron chi connectivity index (χ1n) is 4.10. The molecule has 0 aliphatic rings. The quantitative estimate of drug-likeness (QED) is 0.902. The molecular weight excluding hydrogens is 348 g/mol. The molecule has 0 radical (unpaired) electrons.